The van der Waals surface area contributed by atoms with Crippen molar-refractivity contribution in [2.24, 2.45) is 0 Å². The fourth-order valence-corrected chi connectivity index (χ4v) is 3.56. The Balaban J connectivity index is 2.89. The standard InChI is InChI=1S/C23H36O4/c1-4-7-9-11-18-23(16-6-3,17-10-8-5-2)27-22(26)20-14-12-19(13-15-20)21(24)25/h12-15H,4-11,16-18H2,1-3H3,(H,24,25). The number of esters is 1. The van der Waals surface area contributed by atoms with Gasteiger partial charge in [0.2, 0.25) is 0 Å². The van der Waals surface area contributed by atoms with Crippen LogP contribution in [0.1, 0.15) is 112 Å². The number of carboxylic acid groups (broad SMARTS) is 1. The lowest BCUT2D eigenvalue weighted by atomic mass is 9.85. The van der Waals surface area contributed by atoms with E-state index < -0.39 is 11.6 Å². The number of unbranched alkanes of at least 4 members (excludes halogenated alkanes) is 5. The molecule has 1 aromatic rings. The lowest BCUT2D eigenvalue weighted by Gasteiger charge is -2.34. The highest BCUT2D eigenvalue weighted by Crippen LogP contribution is 2.32. The molecule has 27 heavy (non-hydrogen) atoms. The first-order valence-electron chi connectivity index (χ1n) is 10.5. The van der Waals surface area contributed by atoms with Crippen LogP contribution < -0.4 is 0 Å². The maximum atomic E-state index is 12.8. The first-order chi connectivity index (χ1) is 13.0. The Hall–Kier alpha value is -1.84. The molecule has 0 saturated carbocycles. The van der Waals surface area contributed by atoms with Crippen molar-refractivity contribution in [3.05, 3.63) is 35.4 Å². The summed E-state index contributed by atoms with van der Waals surface area (Å²) >= 11 is 0. The monoisotopic (exact) mass is 376 g/mol. The van der Waals surface area contributed by atoms with E-state index in [-0.39, 0.29) is 11.5 Å². The van der Waals surface area contributed by atoms with E-state index in [1.807, 2.05) is 0 Å². The van der Waals surface area contributed by atoms with Crippen molar-refractivity contribution < 1.29 is 19.4 Å². The fraction of sp³-hybridized carbons (Fsp3) is 0.652. The second kappa shape index (κ2) is 12.5. The lowest BCUT2D eigenvalue weighted by Crippen LogP contribution is -2.35. The van der Waals surface area contributed by atoms with E-state index in [0.717, 1.165) is 51.4 Å². The van der Waals surface area contributed by atoms with Crippen LogP contribution in [0.15, 0.2) is 24.3 Å². The highest BCUT2D eigenvalue weighted by atomic mass is 16.6. The van der Waals surface area contributed by atoms with Crippen molar-refractivity contribution in [3.8, 4) is 0 Å². The number of hydrogen-bond donors (Lipinski definition) is 1. The summed E-state index contributed by atoms with van der Waals surface area (Å²) in [5.41, 5.74) is 0.193. The Kier molecular flexibility index (Phi) is 10.8. The average Bonchev–Trinajstić information content (AvgIpc) is 2.66. The number of benzene rings is 1. The van der Waals surface area contributed by atoms with Gasteiger partial charge in [0.05, 0.1) is 11.1 Å². The van der Waals surface area contributed by atoms with E-state index in [1.54, 1.807) is 12.1 Å². The number of hydrogen-bond acceptors (Lipinski definition) is 3. The van der Waals surface area contributed by atoms with Crippen molar-refractivity contribution in [2.45, 2.75) is 97.0 Å². The highest BCUT2D eigenvalue weighted by Gasteiger charge is 2.33. The van der Waals surface area contributed by atoms with Crippen LogP contribution in [-0.2, 0) is 4.74 Å². The minimum atomic E-state index is -0.995. The number of carbonyl (C=O) groups is 2. The highest BCUT2D eigenvalue weighted by molar-refractivity contribution is 5.92. The zero-order valence-electron chi connectivity index (χ0n) is 17.3. The molecule has 1 rings (SSSR count). The predicted molar refractivity (Wildman–Crippen MR) is 109 cm³/mol. The number of carboxylic acids is 1. The molecule has 1 unspecified atom stereocenters. The van der Waals surface area contributed by atoms with Crippen LogP contribution in [0.4, 0.5) is 0 Å². The molecule has 0 amide bonds. The summed E-state index contributed by atoms with van der Waals surface area (Å²) < 4.78 is 6.11. The van der Waals surface area contributed by atoms with Crippen LogP contribution in [0.25, 0.3) is 0 Å². The molecular formula is C23H36O4. The second-order valence-electron chi connectivity index (χ2n) is 7.47. The molecule has 0 bridgehead atoms. The third kappa shape index (κ3) is 8.15. The Morgan fingerprint density at radius 3 is 1.81 bits per heavy atom. The molecule has 0 fully saturated rings. The molecule has 0 radical (unpaired) electrons. The summed E-state index contributed by atoms with van der Waals surface area (Å²) in [7, 11) is 0. The zero-order chi connectivity index (χ0) is 20.1. The van der Waals surface area contributed by atoms with Gasteiger partial charge in [0.15, 0.2) is 0 Å². The Morgan fingerprint density at radius 1 is 0.778 bits per heavy atom. The van der Waals surface area contributed by atoms with Crippen molar-refractivity contribution >= 4 is 11.9 Å². The normalized spacial score (nSPS) is 13.1. The molecule has 1 N–H and O–H groups in total. The van der Waals surface area contributed by atoms with Gasteiger partial charge >= 0.3 is 11.9 Å². The number of aromatic carboxylic acids is 1. The van der Waals surface area contributed by atoms with Gasteiger partial charge in [-0.2, -0.15) is 0 Å². The summed E-state index contributed by atoms with van der Waals surface area (Å²) in [6.07, 6.45) is 11.7. The zero-order valence-corrected chi connectivity index (χ0v) is 17.3. The van der Waals surface area contributed by atoms with Crippen LogP contribution >= 0.6 is 0 Å². The number of ether oxygens (including phenoxy) is 1. The first kappa shape index (κ1) is 23.2. The Morgan fingerprint density at radius 2 is 1.30 bits per heavy atom. The molecule has 1 atom stereocenters. The quantitative estimate of drug-likeness (QED) is 0.292. The van der Waals surface area contributed by atoms with Gasteiger partial charge < -0.3 is 9.84 Å². The maximum absolute atomic E-state index is 12.8. The van der Waals surface area contributed by atoms with Gasteiger partial charge in [-0.25, -0.2) is 9.59 Å². The summed E-state index contributed by atoms with van der Waals surface area (Å²) in [5, 5.41) is 9.02. The van der Waals surface area contributed by atoms with E-state index in [0.29, 0.717) is 5.56 Å². The molecule has 0 spiro atoms. The molecule has 0 aliphatic carbocycles. The summed E-state index contributed by atoms with van der Waals surface area (Å²) in [4.78, 5) is 23.8. The van der Waals surface area contributed by atoms with Gasteiger partial charge in [-0.15, -0.1) is 0 Å². The van der Waals surface area contributed by atoms with Gasteiger partial charge in [-0.05, 0) is 56.4 Å². The van der Waals surface area contributed by atoms with Crippen LogP contribution in [-0.4, -0.2) is 22.6 Å². The summed E-state index contributed by atoms with van der Waals surface area (Å²) in [6.45, 7) is 6.51. The minimum absolute atomic E-state index is 0.175. The van der Waals surface area contributed by atoms with Crippen LogP contribution in [0.5, 0.6) is 0 Å². The Labute approximate surface area is 164 Å². The van der Waals surface area contributed by atoms with Gasteiger partial charge in [0, 0.05) is 0 Å². The van der Waals surface area contributed by atoms with Crippen molar-refractivity contribution in [3.63, 3.8) is 0 Å². The van der Waals surface area contributed by atoms with E-state index in [9.17, 15) is 9.59 Å². The largest absolute Gasteiger partial charge is 0.478 e. The van der Waals surface area contributed by atoms with Gasteiger partial charge in [-0.3, -0.25) is 0 Å². The topological polar surface area (TPSA) is 63.6 Å². The Bertz CT molecular complexity index is 564. The molecule has 4 heteroatoms. The lowest BCUT2D eigenvalue weighted by molar-refractivity contribution is -0.0351. The van der Waals surface area contributed by atoms with E-state index >= 15 is 0 Å². The first-order valence-corrected chi connectivity index (χ1v) is 10.5. The van der Waals surface area contributed by atoms with Crippen LogP contribution in [0.3, 0.4) is 0 Å². The maximum Gasteiger partial charge on any atom is 0.338 e. The molecule has 152 valence electrons. The second-order valence-corrected chi connectivity index (χ2v) is 7.47. The minimum Gasteiger partial charge on any atom is -0.478 e. The molecule has 0 aliphatic rings. The van der Waals surface area contributed by atoms with Crippen LogP contribution in [0.2, 0.25) is 0 Å². The average molecular weight is 377 g/mol. The molecular weight excluding hydrogens is 340 g/mol. The van der Waals surface area contributed by atoms with E-state index in [4.69, 9.17) is 9.84 Å². The molecule has 0 aromatic heterocycles. The van der Waals surface area contributed by atoms with Gasteiger partial charge in [-0.1, -0.05) is 59.3 Å². The van der Waals surface area contributed by atoms with Crippen LogP contribution in [0, 0.1) is 0 Å². The van der Waals surface area contributed by atoms with Gasteiger partial charge in [0.25, 0.3) is 0 Å². The number of carbonyl (C=O) groups excluding carboxylic acids is 1. The predicted octanol–water partition coefficient (Wildman–Crippen LogP) is 6.63. The molecule has 1 aromatic carbocycles. The molecule has 4 nitrogen and oxygen atoms in total. The van der Waals surface area contributed by atoms with E-state index in [1.165, 1.54) is 31.4 Å². The fourth-order valence-electron chi connectivity index (χ4n) is 3.56. The van der Waals surface area contributed by atoms with Crippen molar-refractivity contribution in [1.82, 2.24) is 0 Å². The molecule has 0 saturated heterocycles. The summed E-state index contributed by atoms with van der Waals surface area (Å²) in [6, 6.07) is 6.01. The molecule has 0 aliphatic heterocycles. The smallest absolute Gasteiger partial charge is 0.338 e. The SMILES string of the molecule is CCCCCCC(CCC)(CCCCC)OC(=O)c1ccc(C(=O)O)cc1. The third-order valence-corrected chi connectivity index (χ3v) is 5.10. The van der Waals surface area contributed by atoms with Crippen molar-refractivity contribution in [1.29, 1.82) is 0 Å². The number of rotatable bonds is 14. The third-order valence-electron chi connectivity index (χ3n) is 5.10. The summed E-state index contributed by atoms with van der Waals surface area (Å²) in [5.74, 6) is -1.34. The van der Waals surface area contributed by atoms with Crippen molar-refractivity contribution in [2.75, 3.05) is 0 Å². The van der Waals surface area contributed by atoms with E-state index in [2.05, 4.69) is 20.8 Å². The van der Waals surface area contributed by atoms with Gasteiger partial charge in [0.1, 0.15) is 5.60 Å². The molecule has 0 heterocycles.